The highest BCUT2D eigenvalue weighted by molar-refractivity contribution is 5.99. The summed E-state index contributed by atoms with van der Waals surface area (Å²) in [6.07, 6.45) is 1.09. The lowest BCUT2D eigenvalue weighted by molar-refractivity contribution is -0.157. The van der Waals surface area contributed by atoms with E-state index in [-0.39, 0.29) is 75.4 Å². The van der Waals surface area contributed by atoms with E-state index in [0.29, 0.717) is 0 Å². The Labute approximate surface area is 552 Å². The molecule has 0 saturated carbocycles. The molecule has 0 spiro atoms. The van der Waals surface area contributed by atoms with Crippen LogP contribution in [-0.4, -0.2) is 252 Å². The zero-order valence-corrected chi connectivity index (χ0v) is 60.1. The topological polar surface area (TPSA) is 331 Å². The molecule has 1 aliphatic rings. The smallest absolute Gasteiger partial charge is 0.330 e. The summed E-state index contributed by atoms with van der Waals surface area (Å²) in [5, 5.41) is 23.2. The number of aliphatic hydroxyl groups is 1. The molecule has 27 nitrogen and oxygen atoms in total. The van der Waals surface area contributed by atoms with Crippen LogP contribution in [0.2, 0.25) is 0 Å². The van der Waals surface area contributed by atoms with Crippen molar-refractivity contribution < 1.29 is 76.9 Å². The van der Waals surface area contributed by atoms with Gasteiger partial charge in [0.2, 0.25) is 65.0 Å². The van der Waals surface area contributed by atoms with Crippen LogP contribution < -0.4 is 21.3 Å². The molecule has 0 aromatic heterocycles. The quantitative estimate of drug-likeness (QED) is 0.0704. The maximum Gasteiger partial charge on any atom is 0.330 e. The van der Waals surface area contributed by atoms with E-state index in [2.05, 4.69) is 21.3 Å². The van der Waals surface area contributed by atoms with Crippen LogP contribution in [0, 0.1) is 41.4 Å². The third-order valence-corrected chi connectivity index (χ3v) is 16.7. The van der Waals surface area contributed by atoms with Crippen LogP contribution in [-0.2, 0) is 71.8 Å². The summed E-state index contributed by atoms with van der Waals surface area (Å²) in [5.74, 6) is -12.2. The highest BCUT2D eigenvalue weighted by atomic mass is 16.6. The van der Waals surface area contributed by atoms with Gasteiger partial charge in [-0.1, -0.05) is 103 Å². The maximum absolute atomic E-state index is 15.3. The van der Waals surface area contributed by atoms with Gasteiger partial charge < -0.3 is 70.1 Å². The fourth-order valence-corrected chi connectivity index (χ4v) is 11.1. The number of allylic oxidation sites excluding steroid dienone is 1. The summed E-state index contributed by atoms with van der Waals surface area (Å²) < 4.78 is 9.89. The molecule has 0 aromatic carbocycles. The molecule has 0 aromatic rings. The number of rotatable bonds is 19. The SMILES string of the molecule is CCC1NC(=O)C(C(O)C(C)C/C=C/C(=O)OCCOC(C)=O)N(C)C(=O)C(C(C)C)N(C)C(=O)C(CC(C)C)N(C)C(=O)C(CC(C)C)N(C)C(=O)[C@@H](C)NC(=O)[C@@H](C)NC(=O)C(CC(C)C)N(C)C(=O)C(C(C)C)NC(=O)C(CC(C)C)N(C)C(=O)CN(C)C1=O. The molecule has 10 unspecified atom stereocenters. The number of esters is 2. The van der Waals surface area contributed by atoms with Crippen LogP contribution in [0.3, 0.4) is 0 Å². The fourth-order valence-electron chi connectivity index (χ4n) is 11.1. The molecule has 1 fully saturated rings. The van der Waals surface area contributed by atoms with Crippen molar-refractivity contribution >= 4 is 76.9 Å². The predicted molar refractivity (Wildman–Crippen MR) is 350 cm³/mol. The highest BCUT2D eigenvalue weighted by Gasteiger charge is 2.46. The number of hydrogen-bond donors (Lipinski definition) is 5. The number of aliphatic hydroxyl groups excluding tert-OH is 1. The van der Waals surface area contributed by atoms with Crippen LogP contribution in [0.5, 0.6) is 0 Å². The van der Waals surface area contributed by atoms with Gasteiger partial charge in [-0.25, -0.2) is 4.79 Å². The summed E-state index contributed by atoms with van der Waals surface area (Å²) in [6.45, 7) is 27.7. The van der Waals surface area contributed by atoms with Gasteiger partial charge in [0.05, 0.1) is 12.6 Å². The Kier molecular flexibility index (Phi) is 35.0. The fraction of sp³-hybridized carbons (Fsp3) is 0.773. The Bertz CT molecular complexity index is 2610. The van der Waals surface area contributed by atoms with Crippen LogP contribution in [0.15, 0.2) is 12.2 Å². The molecule has 12 atom stereocenters. The average Bonchev–Trinajstić information content (AvgIpc) is 0.871. The first kappa shape index (κ1) is 83.8. The summed E-state index contributed by atoms with van der Waals surface area (Å²) in [4.78, 5) is 193. The zero-order valence-electron chi connectivity index (χ0n) is 60.1. The van der Waals surface area contributed by atoms with Crippen LogP contribution in [0.4, 0.5) is 0 Å². The predicted octanol–water partition coefficient (Wildman–Crippen LogP) is 2.36. The number of nitrogens with one attached hydrogen (secondary N) is 4. The average molecular weight is 1320 g/mol. The van der Waals surface area contributed by atoms with E-state index >= 15 is 14.4 Å². The van der Waals surface area contributed by atoms with Crippen LogP contribution in [0.25, 0.3) is 0 Å². The lowest BCUT2D eigenvalue weighted by Crippen LogP contribution is -2.63. The summed E-state index contributed by atoms with van der Waals surface area (Å²) in [6, 6.07) is -13.0. The minimum atomic E-state index is -1.79. The van der Waals surface area contributed by atoms with Gasteiger partial charge in [0, 0.05) is 62.3 Å². The molecule has 5 N–H and O–H groups in total. The molecule has 530 valence electrons. The normalized spacial score (nSPS) is 25.5. The van der Waals surface area contributed by atoms with Gasteiger partial charge in [0.25, 0.3) is 0 Å². The van der Waals surface area contributed by atoms with Gasteiger partial charge >= 0.3 is 11.9 Å². The zero-order chi connectivity index (χ0) is 72.0. The summed E-state index contributed by atoms with van der Waals surface area (Å²) in [5.41, 5.74) is 0. The first-order valence-corrected chi connectivity index (χ1v) is 32.7. The first-order valence-electron chi connectivity index (χ1n) is 32.7. The maximum atomic E-state index is 15.3. The van der Waals surface area contributed by atoms with Crippen molar-refractivity contribution in [3.05, 3.63) is 12.2 Å². The van der Waals surface area contributed by atoms with E-state index in [1.54, 1.807) is 41.5 Å². The van der Waals surface area contributed by atoms with Gasteiger partial charge in [0.15, 0.2) is 0 Å². The minimum absolute atomic E-state index is 0.0568. The number of hydrogen-bond acceptors (Lipinski definition) is 16. The number of likely N-dealkylation sites (N-methyl/N-ethyl adjacent to an activating group) is 7. The van der Waals surface area contributed by atoms with E-state index in [1.165, 1.54) is 101 Å². The van der Waals surface area contributed by atoms with Gasteiger partial charge in [-0.05, 0) is 93.8 Å². The molecule has 11 amide bonds. The van der Waals surface area contributed by atoms with Crippen molar-refractivity contribution in [2.75, 3.05) is 69.1 Å². The number of amides is 11. The molecular weight excluding hydrogens is 1200 g/mol. The molecule has 1 saturated heterocycles. The van der Waals surface area contributed by atoms with Crippen molar-refractivity contribution in [3.8, 4) is 0 Å². The van der Waals surface area contributed by atoms with E-state index in [4.69, 9.17) is 9.47 Å². The van der Waals surface area contributed by atoms with Crippen LogP contribution in [0.1, 0.15) is 156 Å². The lowest BCUT2D eigenvalue weighted by Gasteiger charge is -2.41. The van der Waals surface area contributed by atoms with Gasteiger partial charge in [-0.3, -0.25) is 57.5 Å². The second kappa shape index (κ2) is 38.9. The second-order valence-electron chi connectivity index (χ2n) is 27.4. The van der Waals surface area contributed by atoms with E-state index < -0.39 is 168 Å². The Balaban J connectivity index is 4.35. The molecule has 1 rings (SSSR count). The molecule has 0 aliphatic carbocycles. The standard InChI is InChI=1S/C66H115N11O16/c1-25-46-62(87)71(18)35-51(79)72(19)47(31-36(2)3)59(84)70-53(40(10)11)65(90)73(20)48(32-37(4)5)58(83)67-43(15)57(82)68-44(16)61(86)74(21)49(33-38(6)7)63(88)75(22)50(34-39(8)9)64(89)76(23)54(41(12)13)66(91)77(24)55(60(85)69-46)56(81)42(14)27-26-28-52(80)93-30-29-92-45(17)78/h26,28,36-44,46-50,53-56,81H,25,27,29-35H2,1-24H3,(H,67,83)(H,68,82)(H,69,85)(H,70,84)/b28-26+/t42?,43-,44-,46?,47?,48?,49?,50?,53?,54?,55?,56?/m1/s1. The molecule has 0 radical (unpaired) electrons. The number of carbonyl (C=O) groups excluding carboxylic acids is 13. The van der Waals surface area contributed by atoms with Crippen molar-refractivity contribution in [2.45, 2.75) is 223 Å². The number of carbonyl (C=O) groups is 13. The highest BCUT2D eigenvalue weighted by Crippen LogP contribution is 2.26. The van der Waals surface area contributed by atoms with Crippen molar-refractivity contribution in [1.82, 2.24) is 55.6 Å². The second-order valence-corrected chi connectivity index (χ2v) is 27.4. The van der Waals surface area contributed by atoms with Gasteiger partial charge in [-0.15, -0.1) is 0 Å². The molecule has 27 heteroatoms. The molecule has 93 heavy (non-hydrogen) atoms. The van der Waals surface area contributed by atoms with Crippen molar-refractivity contribution in [2.24, 2.45) is 41.4 Å². The van der Waals surface area contributed by atoms with E-state index in [0.717, 1.165) is 15.9 Å². The Morgan fingerprint density at radius 3 is 1.40 bits per heavy atom. The molecule has 1 aliphatic heterocycles. The largest absolute Gasteiger partial charge is 0.462 e. The number of ether oxygens (including phenoxy) is 2. The molecule has 0 bridgehead atoms. The van der Waals surface area contributed by atoms with Crippen molar-refractivity contribution in [3.63, 3.8) is 0 Å². The number of nitrogens with zero attached hydrogens (tertiary/aromatic N) is 7. The van der Waals surface area contributed by atoms with Gasteiger partial charge in [0.1, 0.15) is 73.6 Å². The summed E-state index contributed by atoms with van der Waals surface area (Å²) >= 11 is 0. The first-order chi connectivity index (χ1) is 43.0. The summed E-state index contributed by atoms with van der Waals surface area (Å²) in [7, 11) is 9.63. The Morgan fingerprint density at radius 2 is 0.925 bits per heavy atom. The molecular formula is C66H115N11O16. The minimum Gasteiger partial charge on any atom is -0.462 e. The third-order valence-electron chi connectivity index (χ3n) is 16.7. The van der Waals surface area contributed by atoms with Crippen molar-refractivity contribution in [1.29, 1.82) is 0 Å². The van der Waals surface area contributed by atoms with Gasteiger partial charge in [-0.2, -0.15) is 0 Å². The van der Waals surface area contributed by atoms with E-state index in [9.17, 15) is 53.1 Å². The monoisotopic (exact) mass is 1320 g/mol. The Hall–Kier alpha value is -7.19. The molecule has 1 heterocycles. The Morgan fingerprint density at radius 1 is 0.495 bits per heavy atom. The third kappa shape index (κ3) is 25.2. The van der Waals surface area contributed by atoms with E-state index in [1.807, 2.05) is 55.4 Å². The van der Waals surface area contributed by atoms with Crippen LogP contribution >= 0.6 is 0 Å². The lowest BCUT2D eigenvalue weighted by atomic mass is 9.91.